The fourth-order valence-corrected chi connectivity index (χ4v) is 1.56. The summed E-state index contributed by atoms with van der Waals surface area (Å²) < 4.78 is 0. The lowest BCUT2D eigenvalue weighted by Gasteiger charge is -2.15. The van der Waals surface area contributed by atoms with Crippen molar-refractivity contribution in [3.05, 3.63) is 29.0 Å². The number of nitrogens with zero attached hydrogens (tertiary/aromatic N) is 2. The molecule has 1 aromatic heterocycles. The number of aromatic nitrogens is 1. The number of unbranched alkanes of at least 4 members (excludes halogenated alkanes) is 1. The van der Waals surface area contributed by atoms with E-state index in [0.29, 0.717) is 5.15 Å². The molecule has 0 saturated heterocycles. The number of hydrogen-bond donors (Lipinski definition) is 0. The highest BCUT2D eigenvalue weighted by atomic mass is 35.5. The van der Waals surface area contributed by atoms with Gasteiger partial charge in [-0.2, -0.15) is 0 Å². The van der Waals surface area contributed by atoms with Crippen LogP contribution in [0.1, 0.15) is 25.3 Å². The summed E-state index contributed by atoms with van der Waals surface area (Å²) in [6, 6.07) is 3.93. The fourth-order valence-electron chi connectivity index (χ4n) is 1.36. The second-order valence-electron chi connectivity index (χ2n) is 3.58. The third-order valence-electron chi connectivity index (χ3n) is 2.14. The van der Waals surface area contributed by atoms with Gasteiger partial charge in [0.1, 0.15) is 5.15 Å². The summed E-state index contributed by atoms with van der Waals surface area (Å²) in [6.07, 6.45) is 4.24. The Kier molecular flexibility index (Phi) is 4.91. The molecular formula is C11H17ClN2. The maximum absolute atomic E-state index is 5.80. The minimum absolute atomic E-state index is 0.575. The normalized spacial score (nSPS) is 10.9. The second-order valence-corrected chi connectivity index (χ2v) is 3.97. The van der Waals surface area contributed by atoms with Gasteiger partial charge in [0.05, 0.1) is 0 Å². The van der Waals surface area contributed by atoms with Crippen LogP contribution in [0.2, 0.25) is 5.15 Å². The lowest BCUT2D eigenvalue weighted by molar-refractivity contribution is 0.321. The van der Waals surface area contributed by atoms with E-state index in [1.54, 1.807) is 6.20 Å². The van der Waals surface area contributed by atoms with E-state index >= 15 is 0 Å². The summed E-state index contributed by atoms with van der Waals surface area (Å²) in [6.45, 7) is 4.29. The zero-order valence-electron chi connectivity index (χ0n) is 8.83. The average molecular weight is 213 g/mol. The van der Waals surface area contributed by atoms with Crippen molar-refractivity contribution in [1.29, 1.82) is 0 Å². The highest BCUT2D eigenvalue weighted by Crippen LogP contribution is 2.09. The molecular weight excluding hydrogens is 196 g/mol. The van der Waals surface area contributed by atoms with Crippen molar-refractivity contribution >= 4 is 11.6 Å². The number of pyridine rings is 1. The Bertz CT molecular complexity index is 276. The van der Waals surface area contributed by atoms with Gasteiger partial charge in [0.15, 0.2) is 0 Å². The largest absolute Gasteiger partial charge is 0.302 e. The Hall–Kier alpha value is -0.600. The zero-order chi connectivity index (χ0) is 10.4. The van der Waals surface area contributed by atoms with Crippen molar-refractivity contribution < 1.29 is 0 Å². The molecule has 14 heavy (non-hydrogen) atoms. The third kappa shape index (κ3) is 4.07. The molecule has 0 fully saturated rings. The molecule has 0 saturated carbocycles. The Balaban J connectivity index is 2.43. The molecule has 1 aromatic rings. The van der Waals surface area contributed by atoms with Crippen molar-refractivity contribution in [3.8, 4) is 0 Å². The average Bonchev–Trinajstić information content (AvgIpc) is 2.15. The summed E-state index contributed by atoms with van der Waals surface area (Å²) >= 11 is 5.80. The summed E-state index contributed by atoms with van der Waals surface area (Å²) in [5.74, 6) is 0. The molecule has 0 N–H and O–H groups in total. The maximum atomic E-state index is 5.80. The highest BCUT2D eigenvalue weighted by molar-refractivity contribution is 6.29. The van der Waals surface area contributed by atoms with Gasteiger partial charge in [-0.15, -0.1) is 0 Å². The maximum Gasteiger partial charge on any atom is 0.129 e. The van der Waals surface area contributed by atoms with Crippen LogP contribution in [-0.4, -0.2) is 23.5 Å². The van der Waals surface area contributed by atoms with E-state index in [0.717, 1.165) is 13.1 Å². The van der Waals surface area contributed by atoms with Gasteiger partial charge < -0.3 is 4.90 Å². The van der Waals surface area contributed by atoms with Crippen molar-refractivity contribution in [2.75, 3.05) is 13.6 Å². The Labute approximate surface area is 90.9 Å². The van der Waals surface area contributed by atoms with Crippen molar-refractivity contribution in [2.24, 2.45) is 0 Å². The van der Waals surface area contributed by atoms with Crippen LogP contribution in [0.15, 0.2) is 18.3 Å². The third-order valence-corrected chi connectivity index (χ3v) is 2.34. The van der Waals surface area contributed by atoms with Crippen LogP contribution in [0, 0.1) is 0 Å². The van der Waals surface area contributed by atoms with Crippen LogP contribution in [0.4, 0.5) is 0 Å². The molecule has 3 heteroatoms. The standard InChI is InChI=1S/C11H17ClN2/c1-3-4-7-14(2)9-10-5-6-13-11(12)8-10/h5-6,8H,3-4,7,9H2,1-2H3. The van der Waals surface area contributed by atoms with Crippen molar-refractivity contribution in [2.45, 2.75) is 26.3 Å². The zero-order valence-corrected chi connectivity index (χ0v) is 9.59. The molecule has 1 rings (SSSR count). The Morgan fingerprint density at radius 3 is 2.93 bits per heavy atom. The minimum Gasteiger partial charge on any atom is -0.302 e. The molecule has 0 aromatic carbocycles. The molecule has 1 heterocycles. The smallest absolute Gasteiger partial charge is 0.129 e. The van der Waals surface area contributed by atoms with Gasteiger partial charge in [0.2, 0.25) is 0 Å². The minimum atomic E-state index is 0.575. The molecule has 0 atom stereocenters. The lowest BCUT2D eigenvalue weighted by Crippen LogP contribution is -2.18. The molecule has 0 unspecified atom stereocenters. The van der Waals surface area contributed by atoms with Crippen LogP contribution in [0.25, 0.3) is 0 Å². The van der Waals surface area contributed by atoms with Crippen LogP contribution in [0.5, 0.6) is 0 Å². The molecule has 0 spiro atoms. The molecule has 2 nitrogen and oxygen atoms in total. The molecule has 78 valence electrons. The van der Waals surface area contributed by atoms with E-state index in [1.807, 2.05) is 12.1 Å². The Morgan fingerprint density at radius 2 is 2.29 bits per heavy atom. The van der Waals surface area contributed by atoms with Crippen LogP contribution in [-0.2, 0) is 6.54 Å². The van der Waals surface area contributed by atoms with E-state index in [1.165, 1.54) is 18.4 Å². The summed E-state index contributed by atoms with van der Waals surface area (Å²) in [5.41, 5.74) is 1.23. The monoisotopic (exact) mass is 212 g/mol. The van der Waals surface area contributed by atoms with E-state index in [-0.39, 0.29) is 0 Å². The topological polar surface area (TPSA) is 16.1 Å². The molecule has 0 amide bonds. The van der Waals surface area contributed by atoms with Gasteiger partial charge in [-0.1, -0.05) is 24.9 Å². The van der Waals surface area contributed by atoms with Crippen LogP contribution >= 0.6 is 11.6 Å². The first-order valence-electron chi connectivity index (χ1n) is 5.01. The van der Waals surface area contributed by atoms with Gasteiger partial charge in [-0.3, -0.25) is 0 Å². The molecule has 0 aliphatic carbocycles. The summed E-state index contributed by atoms with van der Waals surface area (Å²) in [5, 5.41) is 0.575. The summed E-state index contributed by atoms with van der Waals surface area (Å²) in [4.78, 5) is 6.26. The second kappa shape index (κ2) is 5.99. The first-order chi connectivity index (χ1) is 6.72. The Morgan fingerprint density at radius 1 is 1.50 bits per heavy atom. The van der Waals surface area contributed by atoms with E-state index < -0.39 is 0 Å². The lowest BCUT2D eigenvalue weighted by atomic mass is 10.2. The predicted octanol–water partition coefficient (Wildman–Crippen LogP) is 2.97. The molecule has 0 bridgehead atoms. The molecule has 0 aliphatic heterocycles. The van der Waals surface area contributed by atoms with Crippen LogP contribution in [0.3, 0.4) is 0 Å². The fraction of sp³-hybridized carbons (Fsp3) is 0.545. The SMILES string of the molecule is CCCCN(C)Cc1ccnc(Cl)c1. The first kappa shape index (κ1) is 11.5. The highest BCUT2D eigenvalue weighted by Gasteiger charge is 2.00. The number of hydrogen-bond acceptors (Lipinski definition) is 2. The predicted molar refractivity (Wildman–Crippen MR) is 60.5 cm³/mol. The molecule has 0 radical (unpaired) electrons. The van der Waals surface area contributed by atoms with Gasteiger partial charge in [0.25, 0.3) is 0 Å². The van der Waals surface area contributed by atoms with E-state index in [9.17, 15) is 0 Å². The van der Waals surface area contributed by atoms with Gasteiger partial charge in [0, 0.05) is 12.7 Å². The quantitative estimate of drug-likeness (QED) is 0.698. The summed E-state index contributed by atoms with van der Waals surface area (Å²) in [7, 11) is 2.13. The van der Waals surface area contributed by atoms with E-state index in [4.69, 9.17) is 11.6 Å². The van der Waals surface area contributed by atoms with E-state index in [2.05, 4.69) is 23.9 Å². The van der Waals surface area contributed by atoms with Gasteiger partial charge >= 0.3 is 0 Å². The molecule has 0 aliphatic rings. The number of rotatable bonds is 5. The van der Waals surface area contributed by atoms with Gasteiger partial charge in [-0.05, 0) is 37.7 Å². The van der Waals surface area contributed by atoms with Crippen LogP contribution < -0.4 is 0 Å². The first-order valence-corrected chi connectivity index (χ1v) is 5.39. The number of halogens is 1. The van der Waals surface area contributed by atoms with Crippen molar-refractivity contribution in [1.82, 2.24) is 9.88 Å². The van der Waals surface area contributed by atoms with Gasteiger partial charge in [-0.25, -0.2) is 4.98 Å². The van der Waals surface area contributed by atoms with Crippen molar-refractivity contribution in [3.63, 3.8) is 0 Å².